The molecule has 1 aromatic carbocycles. The van der Waals surface area contributed by atoms with E-state index in [-0.39, 0.29) is 10.9 Å². The van der Waals surface area contributed by atoms with Gasteiger partial charge >= 0.3 is 0 Å². The van der Waals surface area contributed by atoms with Gasteiger partial charge in [-0.1, -0.05) is 0 Å². The Morgan fingerprint density at radius 3 is 2.45 bits per heavy atom. The van der Waals surface area contributed by atoms with Gasteiger partial charge in [-0.05, 0) is 38.1 Å². The summed E-state index contributed by atoms with van der Waals surface area (Å²) < 4.78 is 32.1. The Kier molecular flexibility index (Phi) is 4.42. The van der Waals surface area contributed by atoms with Crippen LogP contribution in [0.15, 0.2) is 34.5 Å². The highest BCUT2D eigenvalue weighted by Crippen LogP contribution is 2.20. The fourth-order valence-electron chi connectivity index (χ4n) is 1.70. The van der Waals surface area contributed by atoms with Gasteiger partial charge in [0.25, 0.3) is 0 Å². The molecule has 0 amide bonds. The summed E-state index contributed by atoms with van der Waals surface area (Å²) in [6.07, 6.45) is 0. The van der Waals surface area contributed by atoms with E-state index >= 15 is 0 Å². The van der Waals surface area contributed by atoms with Gasteiger partial charge in [-0.15, -0.1) is 11.3 Å². The minimum Gasteiger partial charge on any atom is -0.497 e. The Balaban J connectivity index is 2.17. The van der Waals surface area contributed by atoms with Gasteiger partial charge in [0, 0.05) is 5.38 Å². The summed E-state index contributed by atoms with van der Waals surface area (Å²) in [7, 11) is -2.03. The van der Waals surface area contributed by atoms with Crippen LogP contribution in [0.3, 0.4) is 0 Å². The zero-order valence-electron chi connectivity index (χ0n) is 11.5. The second-order valence-corrected chi connectivity index (χ2v) is 7.09. The molecular formula is C13H16N2O3S2. The molecule has 1 heterocycles. The van der Waals surface area contributed by atoms with Crippen LogP contribution in [0, 0.1) is 6.92 Å². The molecule has 2 rings (SSSR count). The molecule has 0 aliphatic carbocycles. The fraction of sp³-hybridized carbons (Fsp3) is 0.308. The van der Waals surface area contributed by atoms with E-state index in [1.54, 1.807) is 19.1 Å². The lowest BCUT2D eigenvalue weighted by atomic mass is 10.3. The maximum absolute atomic E-state index is 12.2. The van der Waals surface area contributed by atoms with E-state index in [9.17, 15) is 8.42 Å². The summed E-state index contributed by atoms with van der Waals surface area (Å²) in [4.78, 5) is 4.49. The maximum Gasteiger partial charge on any atom is 0.241 e. The molecule has 108 valence electrons. The Labute approximate surface area is 122 Å². The monoisotopic (exact) mass is 312 g/mol. The maximum atomic E-state index is 12.2. The first-order valence-electron chi connectivity index (χ1n) is 6.01. The quantitative estimate of drug-likeness (QED) is 0.921. The highest BCUT2D eigenvalue weighted by Gasteiger charge is 2.19. The van der Waals surface area contributed by atoms with Crippen molar-refractivity contribution in [1.29, 1.82) is 0 Å². The summed E-state index contributed by atoms with van der Waals surface area (Å²) in [5, 5.41) is 2.77. The summed E-state index contributed by atoms with van der Waals surface area (Å²) in [5.41, 5.74) is 0.726. The predicted octanol–water partition coefficient (Wildman–Crippen LogP) is 2.50. The third-order valence-electron chi connectivity index (χ3n) is 2.78. The molecule has 5 nitrogen and oxygen atoms in total. The van der Waals surface area contributed by atoms with Crippen LogP contribution in [0.2, 0.25) is 0 Å². The molecule has 20 heavy (non-hydrogen) atoms. The summed E-state index contributed by atoms with van der Waals surface area (Å²) in [5.74, 6) is 0.618. The Morgan fingerprint density at radius 2 is 1.95 bits per heavy atom. The first-order valence-corrected chi connectivity index (χ1v) is 8.37. The molecule has 1 unspecified atom stereocenters. The van der Waals surface area contributed by atoms with Crippen LogP contribution in [-0.2, 0) is 10.0 Å². The zero-order chi connectivity index (χ0) is 14.8. The summed E-state index contributed by atoms with van der Waals surface area (Å²) in [6.45, 7) is 3.66. The van der Waals surface area contributed by atoms with E-state index < -0.39 is 10.0 Å². The number of hydrogen-bond donors (Lipinski definition) is 1. The molecule has 1 atom stereocenters. The predicted molar refractivity (Wildman–Crippen MR) is 78.6 cm³/mol. The molecule has 0 saturated heterocycles. The number of nitrogens with zero attached hydrogens (tertiary/aromatic N) is 1. The van der Waals surface area contributed by atoms with Crippen molar-refractivity contribution in [2.24, 2.45) is 0 Å². The van der Waals surface area contributed by atoms with Crippen molar-refractivity contribution in [1.82, 2.24) is 9.71 Å². The second-order valence-electron chi connectivity index (χ2n) is 4.31. The van der Waals surface area contributed by atoms with Gasteiger partial charge in [-0.3, -0.25) is 0 Å². The van der Waals surface area contributed by atoms with Gasteiger partial charge in [0.1, 0.15) is 5.75 Å². The molecule has 0 saturated carbocycles. The van der Waals surface area contributed by atoms with Crippen molar-refractivity contribution >= 4 is 21.4 Å². The van der Waals surface area contributed by atoms with Crippen LogP contribution in [0.25, 0.3) is 0 Å². The molecule has 7 heteroatoms. The van der Waals surface area contributed by atoms with Gasteiger partial charge in [-0.25, -0.2) is 18.1 Å². The number of methoxy groups -OCH3 is 1. The molecule has 0 aliphatic rings. The van der Waals surface area contributed by atoms with Crippen LogP contribution in [0.5, 0.6) is 5.75 Å². The van der Waals surface area contributed by atoms with E-state index in [4.69, 9.17) is 4.74 Å². The highest BCUT2D eigenvalue weighted by atomic mass is 32.2. The van der Waals surface area contributed by atoms with Crippen LogP contribution in [0.1, 0.15) is 23.7 Å². The third-order valence-corrected chi connectivity index (χ3v) is 5.13. The minimum atomic E-state index is -3.56. The minimum absolute atomic E-state index is 0.206. The molecular weight excluding hydrogens is 296 g/mol. The Hall–Kier alpha value is -1.44. The smallest absolute Gasteiger partial charge is 0.241 e. The first-order chi connectivity index (χ1) is 9.42. The van der Waals surface area contributed by atoms with Crippen LogP contribution >= 0.6 is 11.3 Å². The van der Waals surface area contributed by atoms with Crippen molar-refractivity contribution in [2.45, 2.75) is 24.8 Å². The van der Waals surface area contributed by atoms with E-state index in [0.29, 0.717) is 5.75 Å². The number of hydrogen-bond acceptors (Lipinski definition) is 5. The van der Waals surface area contributed by atoms with Crippen molar-refractivity contribution in [2.75, 3.05) is 7.11 Å². The molecule has 1 aromatic heterocycles. The van der Waals surface area contributed by atoms with Crippen molar-refractivity contribution in [3.05, 3.63) is 40.3 Å². The number of thiazole rings is 1. The van der Waals surface area contributed by atoms with Gasteiger partial charge in [0.15, 0.2) is 0 Å². The summed E-state index contributed by atoms with van der Waals surface area (Å²) >= 11 is 1.50. The van der Waals surface area contributed by atoms with E-state index in [1.165, 1.54) is 30.6 Å². The second kappa shape index (κ2) is 5.90. The number of aromatic nitrogens is 1. The average Bonchev–Trinajstić information content (AvgIpc) is 2.85. The van der Waals surface area contributed by atoms with E-state index in [0.717, 1.165) is 10.7 Å². The van der Waals surface area contributed by atoms with Crippen LogP contribution in [-0.4, -0.2) is 20.5 Å². The van der Waals surface area contributed by atoms with Crippen LogP contribution < -0.4 is 9.46 Å². The normalized spacial score (nSPS) is 13.2. The largest absolute Gasteiger partial charge is 0.497 e. The molecule has 2 aromatic rings. The standard InChI is InChI=1S/C13H16N2O3S2/c1-9(13-8-19-10(2)14-13)15-20(16,17)12-6-4-11(18-3)5-7-12/h4-9,15H,1-3H3. The topological polar surface area (TPSA) is 68.3 Å². The molecule has 0 spiro atoms. The number of aryl methyl sites for hydroxylation is 1. The van der Waals surface area contributed by atoms with E-state index in [1.807, 2.05) is 12.3 Å². The third kappa shape index (κ3) is 3.36. The lowest BCUT2D eigenvalue weighted by molar-refractivity contribution is 0.414. The fourth-order valence-corrected chi connectivity index (χ4v) is 3.62. The van der Waals surface area contributed by atoms with Crippen LogP contribution in [0.4, 0.5) is 0 Å². The lowest BCUT2D eigenvalue weighted by Gasteiger charge is -2.12. The summed E-state index contributed by atoms with van der Waals surface area (Å²) in [6, 6.07) is 5.89. The number of ether oxygens (including phenoxy) is 1. The number of sulfonamides is 1. The van der Waals surface area contributed by atoms with E-state index in [2.05, 4.69) is 9.71 Å². The molecule has 1 N–H and O–H groups in total. The first kappa shape index (κ1) is 15.0. The van der Waals surface area contributed by atoms with Gasteiger partial charge in [0.2, 0.25) is 10.0 Å². The lowest BCUT2D eigenvalue weighted by Crippen LogP contribution is -2.27. The molecule has 0 fully saturated rings. The number of nitrogens with one attached hydrogen (secondary N) is 1. The number of benzene rings is 1. The van der Waals surface area contributed by atoms with Crippen molar-refractivity contribution < 1.29 is 13.2 Å². The van der Waals surface area contributed by atoms with Gasteiger partial charge in [0.05, 0.1) is 28.7 Å². The zero-order valence-corrected chi connectivity index (χ0v) is 13.1. The molecule has 0 radical (unpaired) electrons. The highest BCUT2D eigenvalue weighted by molar-refractivity contribution is 7.89. The van der Waals surface area contributed by atoms with Crippen molar-refractivity contribution in [3.63, 3.8) is 0 Å². The van der Waals surface area contributed by atoms with Gasteiger partial charge < -0.3 is 4.74 Å². The van der Waals surface area contributed by atoms with Gasteiger partial charge in [-0.2, -0.15) is 0 Å². The molecule has 0 aliphatic heterocycles. The Bertz CT molecular complexity index is 678. The number of rotatable bonds is 5. The Morgan fingerprint density at radius 1 is 1.30 bits per heavy atom. The SMILES string of the molecule is COc1ccc(S(=O)(=O)NC(C)c2csc(C)n2)cc1. The molecule has 0 bridgehead atoms. The average molecular weight is 312 g/mol. The van der Waals surface area contributed by atoms with Crippen molar-refractivity contribution in [3.8, 4) is 5.75 Å².